The number of rotatable bonds is 8. The number of thiophene rings is 4. The molecule has 0 aliphatic rings. The lowest BCUT2D eigenvalue weighted by molar-refractivity contribution is 0.940. The van der Waals surface area contributed by atoms with Crippen LogP contribution in [0, 0.1) is 0 Å². The van der Waals surface area contributed by atoms with Gasteiger partial charge in [0.05, 0.1) is 0 Å². The molecular formula is C38H36S4. The summed E-state index contributed by atoms with van der Waals surface area (Å²) in [5, 5.41) is 14.6. The second-order valence-electron chi connectivity index (χ2n) is 11.9. The highest BCUT2D eigenvalue weighted by molar-refractivity contribution is 7.23. The Balaban J connectivity index is 1.55. The van der Waals surface area contributed by atoms with Crippen molar-refractivity contribution in [1.82, 2.24) is 0 Å². The van der Waals surface area contributed by atoms with Crippen molar-refractivity contribution in [3.8, 4) is 0 Å². The van der Waals surface area contributed by atoms with E-state index < -0.39 is 0 Å². The van der Waals surface area contributed by atoms with Gasteiger partial charge in [0.2, 0.25) is 0 Å². The number of hydrogen-bond acceptors (Lipinski definition) is 4. The summed E-state index contributed by atoms with van der Waals surface area (Å²) < 4.78 is 5.94. The summed E-state index contributed by atoms with van der Waals surface area (Å²) in [7, 11) is 0. The van der Waals surface area contributed by atoms with E-state index in [1.54, 1.807) is 0 Å². The lowest BCUT2D eigenvalue weighted by atomic mass is 9.94. The molecule has 8 aromatic rings. The topological polar surface area (TPSA) is 0 Å². The second kappa shape index (κ2) is 10.6. The van der Waals surface area contributed by atoms with Crippen LogP contribution in [-0.2, 0) is 25.7 Å². The van der Waals surface area contributed by atoms with Crippen LogP contribution in [0.25, 0.3) is 72.7 Å². The maximum absolute atomic E-state index is 2.52. The first-order valence-corrected chi connectivity index (χ1v) is 19.0. The minimum Gasteiger partial charge on any atom is -0.140 e. The number of aryl methyl sites for hydroxylation is 4. The fourth-order valence-corrected chi connectivity index (χ4v) is 12.4. The summed E-state index contributed by atoms with van der Waals surface area (Å²) in [6.45, 7) is 9.21. The minimum absolute atomic E-state index is 1.16. The molecule has 0 aliphatic carbocycles. The predicted molar refractivity (Wildman–Crippen MR) is 196 cm³/mol. The molecule has 4 aromatic carbocycles. The molecule has 0 amide bonds. The first-order chi connectivity index (χ1) is 20.6. The molecule has 212 valence electrons. The Morgan fingerprint density at radius 2 is 0.643 bits per heavy atom. The molecule has 0 aliphatic heterocycles. The molecule has 0 unspecified atom stereocenters. The third kappa shape index (κ3) is 4.02. The Labute approximate surface area is 263 Å². The SMILES string of the molecule is CCCc1cc2c3cc(CCC)sc3c3c4ccc5c6sc(CCC)cc6c6cc(CCC)sc6c5c4ccc3c2s1. The van der Waals surface area contributed by atoms with Crippen molar-refractivity contribution >= 4 is 118 Å². The molecule has 0 N–H and O–H groups in total. The van der Waals surface area contributed by atoms with Crippen molar-refractivity contribution in [2.45, 2.75) is 79.1 Å². The molecule has 42 heavy (non-hydrogen) atoms. The van der Waals surface area contributed by atoms with Gasteiger partial charge in [-0.1, -0.05) is 77.6 Å². The summed E-state index contributed by atoms with van der Waals surface area (Å²) in [6, 6.07) is 19.9. The fraction of sp³-hybridized carbons (Fsp3) is 0.316. The van der Waals surface area contributed by atoms with Crippen molar-refractivity contribution in [2.24, 2.45) is 0 Å². The van der Waals surface area contributed by atoms with Crippen LogP contribution < -0.4 is 0 Å². The summed E-state index contributed by atoms with van der Waals surface area (Å²) in [5.41, 5.74) is 0. The van der Waals surface area contributed by atoms with E-state index in [1.165, 1.54) is 131 Å². The van der Waals surface area contributed by atoms with Gasteiger partial charge in [-0.3, -0.25) is 0 Å². The summed E-state index contributed by atoms with van der Waals surface area (Å²) in [6.07, 6.45) is 9.43. The van der Waals surface area contributed by atoms with Gasteiger partial charge >= 0.3 is 0 Å². The number of benzene rings is 4. The van der Waals surface area contributed by atoms with E-state index >= 15 is 0 Å². The highest BCUT2D eigenvalue weighted by Crippen LogP contribution is 2.50. The van der Waals surface area contributed by atoms with Crippen LogP contribution in [0.3, 0.4) is 0 Å². The average molecular weight is 621 g/mol. The normalized spacial score (nSPS) is 12.6. The number of fused-ring (bicyclic) bond motifs is 15. The second-order valence-corrected chi connectivity index (χ2v) is 16.4. The maximum Gasteiger partial charge on any atom is 0.0437 e. The molecule has 0 nitrogen and oxygen atoms in total. The van der Waals surface area contributed by atoms with Crippen molar-refractivity contribution in [2.75, 3.05) is 0 Å². The molecule has 0 saturated carbocycles. The van der Waals surface area contributed by atoms with E-state index in [2.05, 4.69) is 76.2 Å². The zero-order valence-corrected chi connectivity index (χ0v) is 28.2. The molecule has 4 aromatic heterocycles. The van der Waals surface area contributed by atoms with Gasteiger partial charge < -0.3 is 0 Å². The van der Waals surface area contributed by atoms with Gasteiger partial charge in [0.1, 0.15) is 0 Å². The first kappa shape index (κ1) is 27.1. The van der Waals surface area contributed by atoms with E-state index in [9.17, 15) is 0 Å². The summed E-state index contributed by atoms with van der Waals surface area (Å²) in [4.78, 5) is 6.09. The van der Waals surface area contributed by atoms with Gasteiger partial charge in [-0.05, 0) is 60.7 Å². The zero-order chi connectivity index (χ0) is 28.5. The predicted octanol–water partition coefficient (Wildman–Crippen LogP) is 13.8. The molecular weight excluding hydrogens is 585 g/mol. The van der Waals surface area contributed by atoms with E-state index in [0.29, 0.717) is 0 Å². The van der Waals surface area contributed by atoms with E-state index in [0.717, 1.165) is 12.8 Å². The lowest BCUT2D eigenvalue weighted by Gasteiger charge is -2.12. The number of hydrogen-bond donors (Lipinski definition) is 0. The highest BCUT2D eigenvalue weighted by Gasteiger charge is 2.21. The summed E-state index contributed by atoms with van der Waals surface area (Å²) >= 11 is 8.15. The van der Waals surface area contributed by atoms with Crippen LogP contribution in [0.1, 0.15) is 72.9 Å². The smallest absolute Gasteiger partial charge is 0.0437 e. The van der Waals surface area contributed by atoms with Crippen LogP contribution in [0.15, 0.2) is 48.5 Å². The molecule has 0 atom stereocenters. The quantitative estimate of drug-likeness (QED) is 0.148. The molecule has 0 bridgehead atoms. The Hall–Kier alpha value is -2.50. The van der Waals surface area contributed by atoms with Crippen molar-refractivity contribution in [3.05, 3.63) is 68.0 Å². The molecule has 0 radical (unpaired) electrons. The van der Waals surface area contributed by atoms with Gasteiger partial charge in [-0.15, -0.1) is 45.3 Å². The monoisotopic (exact) mass is 620 g/mol. The Morgan fingerprint density at radius 1 is 0.357 bits per heavy atom. The average Bonchev–Trinajstić information content (AvgIpc) is 3.77. The van der Waals surface area contributed by atoms with E-state index in [-0.39, 0.29) is 0 Å². The van der Waals surface area contributed by atoms with Crippen LogP contribution in [0.2, 0.25) is 0 Å². The molecule has 8 rings (SSSR count). The van der Waals surface area contributed by atoms with Gasteiger partial charge in [-0.2, -0.15) is 0 Å². The first-order valence-electron chi connectivity index (χ1n) is 15.8. The largest absolute Gasteiger partial charge is 0.140 e. The highest BCUT2D eigenvalue weighted by atomic mass is 32.1. The van der Waals surface area contributed by atoms with E-state index in [1.807, 2.05) is 45.3 Å². The third-order valence-electron chi connectivity index (χ3n) is 8.84. The van der Waals surface area contributed by atoms with Crippen LogP contribution >= 0.6 is 45.3 Å². The van der Waals surface area contributed by atoms with Crippen LogP contribution in [0.4, 0.5) is 0 Å². The van der Waals surface area contributed by atoms with Gasteiger partial charge in [0.25, 0.3) is 0 Å². The fourth-order valence-electron chi connectivity index (χ4n) is 7.09. The minimum atomic E-state index is 1.16. The van der Waals surface area contributed by atoms with Crippen LogP contribution in [0.5, 0.6) is 0 Å². The standard InChI is InChI=1S/C38H36S4/c1-5-9-21-17-29-31-19-23(11-7-3)41-37(31)33-25-14-16-28-34(26(25)13-15-27(33)35(29)39-21)38-32(20-24(42-38)12-8-4)30-18-22(10-6-2)40-36(28)30/h13-20H,5-12H2,1-4H3. The Bertz CT molecular complexity index is 2130. The van der Waals surface area contributed by atoms with Crippen LogP contribution in [-0.4, -0.2) is 0 Å². The maximum atomic E-state index is 2.52. The Morgan fingerprint density at radius 3 is 0.976 bits per heavy atom. The summed E-state index contributed by atoms with van der Waals surface area (Å²) in [5.74, 6) is 0. The zero-order valence-electron chi connectivity index (χ0n) is 24.9. The third-order valence-corrected chi connectivity index (χ3v) is 13.7. The van der Waals surface area contributed by atoms with Crippen molar-refractivity contribution in [3.63, 3.8) is 0 Å². The molecule has 0 fully saturated rings. The van der Waals surface area contributed by atoms with E-state index in [4.69, 9.17) is 0 Å². The Kier molecular flexibility index (Phi) is 6.83. The van der Waals surface area contributed by atoms with Crippen molar-refractivity contribution < 1.29 is 0 Å². The van der Waals surface area contributed by atoms with Crippen molar-refractivity contribution in [1.29, 1.82) is 0 Å². The lowest BCUT2D eigenvalue weighted by Crippen LogP contribution is -1.83. The molecule has 4 heterocycles. The van der Waals surface area contributed by atoms with Gasteiger partial charge in [-0.25, -0.2) is 0 Å². The van der Waals surface area contributed by atoms with Gasteiger partial charge in [0.15, 0.2) is 0 Å². The molecule has 4 heteroatoms. The molecule has 0 saturated heterocycles. The van der Waals surface area contributed by atoms with Gasteiger partial charge in [0, 0.05) is 81.4 Å². The molecule has 0 spiro atoms.